The maximum absolute atomic E-state index is 14.0. The van der Waals surface area contributed by atoms with Crippen molar-refractivity contribution < 1.29 is 33.3 Å². The lowest BCUT2D eigenvalue weighted by molar-refractivity contribution is -0.140. The van der Waals surface area contributed by atoms with E-state index in [4.69, 9.17) is 23.7 Å². The number of esters is 1. The topological polar surface area (TPSA) is 92.3 Å². The van der Waals surface area contributed by atoms with Crippen LogP contribution in [0.4, 0.5) is 0 Å². The first kappa shape index (κ1) is 28.8. The summed E-state index contributed by atoms with van der Waals surface area (Å²) in [6, 6.07) is 20.9. The van der Waals surface area contributed by atoms with Crippen LogP contribution in [-0.4, -0.2) is 40.2 Å². The van der Waals surface area contributed by atoms with Gasteiger partial charge in [0.1, 0.15) is 12.4 Å². The average molecular weight is 570 g/mol. The first-order valence-electron chi connectivity index (χ1n) is 13.8. The van der Waals surface area contributed by atoms with E-state index < -0.39 is 11.9 Å². The van der Waals surface area contributed by atoms with Gasteiger partial charge in [0.2, 0.25) is 5.75 Å². The van der Waals surface area contributed by atoms with Gasteiger partial charge in [0.25, 0.3) is 0 Å². The molecule has 0 amide bonds. The molecule has 0 unspecified atom stereocenters. The quantitative estimate of drug-likeness (QED) is 0.322. The number of ether oxygens (including phenoxy) is 5. The fourth-order valence-electron chi connectivity index (χ4n) is 5.82. The molecule has 1 aliphatic carbocycles. The van der Waals surface area contributed by atoms with Gasteiger partial charge in [0.15, 0.2) is 17.3 Å². The van der Waals surface area contributed by atoms with E-state index in [0.29, 0.717) is 52.5 Å². The zero-order valence-electron chi connectivity index (χ0n) is 24.5. The number of nitrogens with one attached hydrogen (secondary N) is 1. The molecule has 3 aromatic rings. The van der Waals surface area contributed by atoms with Crippen LogP contribution in [0, 0.1) is 0 Å². The number of hydrogen-bond donors (Lipinski definition) is 1. The highest BCUT2D eigenvalue weighted by atomic mass is 16.5. The number of methoxy groups -OCH3 is 4. The van der Waals surface area contributed by atoms with Crippen LogP contribution in [0.2, 0.25) is 0 Å². The summed E-state index contributed by atoms with van der Waals surface area (Å²) in [5.41, 5.74) is 4.93. The number of hydrogen-bond acceptors (Lipinski definition) is 8. The van der Waals surface area contributed by atoms with Crippen molar-refractivity contribution in [2.24, 2.45) is 0 Å². The Morgan fingerprint density at radius 2 is 1.50 bits per heavy atom. The molecule has 1 heterocycles. The number of dihydropyridines is 1. The molecular formula is C34H35NO7. The largest absolute Gasteiger partial charge is 0.497 e. The van der Waals surface area contributed by atoms with E-state index in [0.717, 1.165) is 22.6 Å². The van der Waals surface area contributed by atoms with Crippen LogP contribution in [0.15, 0.2) is 89.3 Å². The van der Waals surface area contributed by atoms with E-state index in [9.17, 15) is 9.59 Å². The number of allylic oxidation sites excluding steroid dienone is 3. The number of ketones is 1. The Labute approximate surface area is 245 Å². The van der Waals surface area contributed by atoms with Crippen LogP contribution in [-0.2, 0) is 20.9 Å². The van der Waals surface area contributed by atoms with Crippen molar-refractivity contribution in [2.45, 2.75) is 38.2 Å². The summed E-state index contributed by atoms with van der Waals surface area (Å²) >= 11 is 0. The Hall–Kier alpha value is -4.72. The van der Waals surface area contributed by atoms with Crippen LogP contribution in [0.1, 0.15) is 48.3 Å². The monoisotopic (exact) mass is 569 g/mol. The molecule has 0 saturated heterocycles. The Kier molecular flexibility index (Phi) is 8.52. The Morgan fingerprint density at radius 3 is 2.10 bits per heavy atom. The van der Waals surface area contributed by atoms with Crippen molar-refractivity contribution in [1.29, 1.82) is 0 Å². The summed E-state index contributed by atoms with van der Waals surface area (Å²) in [5, 5.41) is 3.41. The molecule has 218 valence electrons. The van der Waals surface area contributed by atoms with Crippen molar-refractivity contribution in [1.82, 2.24) is 5.32 Å². The molecule has 8 nitrogen and oxygen atoms in total. The van der Waals surface area contributed by atoms with Gasteiger partial charge in [0.05, 0.1) is 34.0 Å². The molecule has 1 N–H and O–H groups in total. The fourth-order valence-corrected chi connectivity index (χ4v) is 5.82. The third-order valence-corrected chi connectivity index (χ3v) is 7.87. The smallest absolute Gasteiger partial charge is 0.337 e. The lowest BCUT2D eigenvalue weighted by Crippen LogP contribution is -2.36. The number of benzene rings is 3. The molecule has 0 fully saturated rings. The molecule has 1 aliphatic heterocycles. The zero-order chi connectivity index (χ0) is 29.8. The lowest BCUT2D eigenvalue weighted by Gasteiger charge is -2.37. The van der Waals surface area contributed by atoms with E-state index in [-0.39, 0.29) is 18.3 Å². The Morgan fingerprint density at radius 1 is 0.833 bits per heavy atom. The van der Waals surface area contributed by atoms with E-state index >= 15 is 0 Å². The van der Waals surface area contributed by atoms with Gasteiger partial charge in [-0.3, -0.25) is 4.79 Å². The minimum Gasteiger partial charge on any atom is -0.497 e. The van der Waals surface area contributed by atoms with Crippen LogP contribution in [0.3, 0.4) is 0 Å². The summed E-state index contributed by atoms with van der Waals surface area (Å²) in [6.45, 7) is 1.95. The van der Waals surface area contributed by atoms with Gasteiger partial charge in [0, 0.05) is 29.3 Å². The predicted molar refractivity (Wildman–Crippen MR) is 158 cm³/mol. The molecule has 2 aliphatic rings. The number of rotatable bonds is 9. The molecular weight excluding hydrogens is 534 g/mol. The molecule has 0 bridgehead atoms. The maximum atomic E-state index is 14.0. The molecule has 0 radical (unpaired) electrons. The van der Waals surface area contributed by atoms with Crippen LogP contribution >= 0.6 is 0 Å². The summed E-state index contributed by atoms with van der Waals surface area (Å²) in [6.07, 6.45) is 0.914. The summed E-state index contributed by atoms with van der Waals surface area (Å²) in [4.78, 5) is 27.8. The second-order valence-electron chi connectivity index (χ2n) is 10.3. The molecule has 0 spiro atoms. The van der Waals surface area contributed by atoms with Crippen molar-refractivity contribution in [2.75, 3.05) is 28.4 Å². The second-order valence-corrected chi connectivity index (χ2v) is 10.3. The fraction of sp³-hybridized carbons (Fsp3) is 0.294. The summed E-state index contributed by atoms with van der Waals surface area (Å²) < 4.78 is 27.9. The SMILES string of the molecule is COc1ccc([C@H]2CC(=O)C3=C(C2)NC(C)=C(C(=O)OCc2ccccc2)[C@H]3c2cc(OC)c(OC)c(OC)c2)cc1. The summed E-state index contributed by atoms with van der Waals surface area (Å²) in [7, 11) is 6.24. The molecule has 8 heteroatoms. The first-order valence-corrected chi connectivity index (χ1v) is 13.8. The van der Waals surface area contributed by atoms with Gasteiger partial charge in [-0.2, -0.15) is 0 Å². The average Bonchev–Trinajstić information content (AvgIpc) is 3.02. The Bertz CT molecular complexity index is 1510. The number of carbonyl (C=O) groups excluding carboxylic acids is 2. The van der Waals surface area contributed by atoms with Crippen LogP contribution in [0.25, 0.3) is 0 Å². The molecule has 3 aromatic carbocycles. The standard InChI is InChI=1S/C34H35NO7/c1-20-30(34(37)42-19-21-9-7-6-8-10-21)31(24-17-28(39-3)33(41-5)29(18-24)40-4)32-26(35-20)15-23(16-27(32)36)22-11-13-25(38-2)14-12-22/h6-14,17-18,23,31,35H,15-16,19H2,1-5H3/t23-,31-/m1/s1. The minimum absolute atomic E-state index is 0.0189. The highest BCUT2D eigenvalue weighted by molar-refractivity contribution is 6.04. The molecule has 0 saturated carbocycles. The van der Waals surface area contributed by atoms with Gasteiger partial charge in [-0.25, -0.2) is 4.79 Å². The zero-order valence-corrected chi connectivity index (χ0v) is 24.5. The van der Waals surface area contributed by atoms with Gasteiger partial charge in [-0.1, -0.05) is 42.5 Å². The molecule has 5 rings (SSSR count). The van der Waals surface area contributed by atoms with Crippen molar-refractivity contribution in [3.05, 3.63) is 106 Å². The predicted octanol–water partition coefficient (Wildman–Crippen LogP) is 5.83. The lowest BCUT2D eigenvalue weighted by atomic mass is 9.71. The van der Waals surface area contributed by atoms with Gasteiger partial charge < -0.3 is 29.0 Å². The normalized spacial score (nSPS) is 18.2. The highest BCUT2D eigenvalue weighted by Crippen LogP contribution is 2.49. The van der Waals surface area contributed by atoms with Gasteiger partial charge in [-0.15, -0.1) is 0 Å². The third kappa shape index (κ3) is 5.57. The van der Waals surface area contributed by atoms with Crippen LogP contribution in [0.5, 0.6) is 23.0 Å². The number of Topliss-reactive ketones (excluding diaryl/α,β-unsaturated/α-hetero) is 1. The highest BCUT2D eigenvalue weighted by Gasteiger charge is 2.42. The van der Waals surface area contributed by atoms with Gasteiger partial charge >= 0.3 is 5.97 Å². The molecule has 42 heavy (non-hydrogen) atoms. The minimum atomic E-state index is -0.692. The second kappa shape index (κ2) is 12.4. The van der Waals surface area contributed by atoms with Crippen molar-refractivity contribution in [3.63, 3.8) is 0 Å². The maximum Gasteiger partial charge on any atom is 0.337 e. The van der Waals surface area contributed by atoms with Crippen molar-refractivity contribution >= 4 is 11.8 Å². The van der Waals surface area contributed by atoms with Gasteiger partial charge in [-0.05, 0) is 60.2 Å². The van der Waals surface area contributed by atoms with E-state index in [1.54, 1.807) is 19.2 Å². The molecule has 2 atom stereocenters. The molecule has 0 aromatic heterocycles. The van der Waals surface area contributed by atoms with E-state index in [1.165, 1.54) is 21.3 Å². The van der Waals surface area contributed by atoms with E-state index in [2.05, 4.69) is 5.32 Å². The first-order chi connectivity index (χ1) is 20.4. The number of carbonyl (C=O) groups is 2. The van der Waals surface area contributed by atoms with Crippen LogP contribution < -0.4 is 24.3 Å². The van der Waals surface area contributed by atoms with E-state index in [1.807, 2.05) is 61.5 Å². The third-order valence-electron chi connectivity index (χ3n) is 7.87. The summed E-state index contributed by atoms with van der Waals surface area (Å²) in [5.74, 6) is 0.801. The van der Waals surface area contributed by atoms with Crippen molar-refractivity contribution in [3.8, 4) is 23.0 Å². The Balaban J connectivity index is 1.58.